The van der Waals surface area contributed by atoms with Crippen LogP contribution in [0, 0.1) is 0 Å². The Kier molecular flexibility index (Phi) is 6.99. The Hall–Kier alpha value is -2.59. The third kappa shape index (κ3) is 5.31. The number of sulfonamides is 1. The molecule has 0 aliphatic rings. The van der Waals surface area contributed by atoms with Crippen LogP contribution < -0.4 is 4.90 Å². The van der Waals surface area contributed by atoms with Crippen LogP contribution in [0.5, 0.6) is 0 Å². The van der Waals surface area contributed by atoms with Gasteiger partial charge in [0.2, 0.25) is 15.9 Å². The minimum absolute atomic E-state index is 0.171. The lowest BCUT2D eigenvalue weighted by Gasteiger charge is -2.19. The predicted molar refractivity (Wildman–Crippen MR) is 121 cm³/mol. The van der Waals surface area contributed by atoms with Gasteiger partial charge in [-0.05, 0) is 23.8 Å². The number of pyridine rings is 1. The zero-order valence-corrected chi connectivity index (χ0v) is 18.7. The first-order valence-electron chi connectivity index (χ1n) is 8.80. The van der Waals surface area contributed by atoms with E-state index in [1.807, 2.05) is 24.3 Å². The van der Waals surface area contributed by atoms with E-state index < -0.39 is 15.9 Å². The minimum atomic E-state index is -3.77. The van der Waals surface area contributed by atoms with Crippen molar-refractivity contribution < 1.29 is 13.2 Å². The van der Waals surface area contributed by atoms with Crippen LogP contribution in [-0.2, 0) is 14.8 Å². The van der Waals surface area contributed by atoms with Gasteiger partial charge in [0, 0.05) is 37.5 Å². The maximum atomic E-state index is 12.7. The SMILES string of the molecule is CN(C(=O)CN(C)S(=O)(=O)C=Cc1ccccc1)c1sc(-c2cccnc2)nc1Cl. The number of benzene rings is 1. The van der Waals surface area contributed by atoms with Crippen LogP contribution in [-0.4, -0.2) is 49.2 Å². The topological polar surface area (TPSA) is 83.5 Å². The molecule has 156 valence electrons. The minimum Gasteiger partial charge on any atom is -0.303 e. The molecule has 0 radical (unpaired) electrons. The van der Waals surface area contributed by atoms with Gasteiger partial charge in [-0.1, -0.05) is 53.3 Å². The summed E-state index contributed by atoms with van der Waals surface area (Å²) in [6.45, 7) is -0.339. The van der Waals surface area contributed by atoms with Gasteiger partial charge in [-0.25, -0.2) is 13.4 Å². The molecule has 2 heterocycles. The van der Waals surface area contributed by atoms with Gasteiger partial charge in [0.1, 0.15) is 10.0 Å². The number of likely N-dealkylation sites (N-methyl/N-ethyl adjacent to an activating group) is 2. The van der Waals surface area contributed by atoms with Crippen molar-refractivity contribution in [2.45, 2.75) is 0 Å². The number of anilines is 1. The fourth-order valence-corrected chi connectivity index (χ4v) is 4.58. The van der Waals surface area contributed by atoms with E-state index in [1.165, 1.54) is 36.4 Å². The number of aromatic nitrogens is 2. The van der Waals surface area contributed by atoms with E-state index in [9.17, 15) is 13.2 Å². The quantitative estimate of drug-likeness (QED) is 0.534. The van der Waals surface area contributed by atoms with E-state index in [-0.39, 0.29) is 11.7 Å². The molecule has 0 unspecified atom stereocenters. The highest BCUT2D eigenvalue weighted by Gasteiger charge is 2.24. The maximum absolute atomic E-state index is 12.7. The molecule has 30 heavy (non-hydrogen) atoms. The Morgan fingerprint density at radius 3 is 2.57 bits per heavy atom. The Bertz CT molecular complexity index is 1150. The van der Waals surface area contributed by atoms with Gasteiger partial charge in [0.25, 0.3) is 0 Å². The molecule has 0 fully saturated rings. The zero-order chi connectivity index (χ0) is 21.7. The largest absolute Gasteiger partial charge is 0.303 e. The molecule has 0 N–H and O–H groups in total. The second-order valence-electron chi connectivity index (χ2n) is 6.32. The fraction of sp³-hybridized carbons (Fsp3) is 0.150. The van der Waals surface area contributed by atoms with Crippen molar-refractivity contribution in [3.8, 4) is 10.6 Å². The Balaban J connectivity index is 1.71. The predicted octanol–water partition coefficient (Wildman–Crippen LogP) is 3.75. The molecule has 3 rings (SSSR count). The lowest BCUT2D eigenvalue weighted by Crippen LogP contribution is -2.38. The molecular weight excluding hydrogens is 444 g/mol. The summed E-state index contributed by atoms with van der Waals surface area (Å²) < 4.78 is 25.9. The normalized spacial score (nSPS) is 11.9. The van der Waals surface area contributed by atoms with Crippen LogP contribution >= 0.6 is 22.9 Å². The number of nitrogens with zero attached hydrogens (tertiary/aromatic N) is 4. The van der Waals surface area contributed by atoms with Crippen molar-refractivity contribution in [1.82, 2.24) is 14.3 Å². The molecule has 1 amide bonds. The van der Waals surface area contributed by atoms with Gasteiger partial charge in [-0.3, -0.25) is 9.78 Å². The third-order valence-corrected chi connectivity index (χ3v) is 7.22. The number of hydrogen-bond donors (Lipinski definition) is 0. The average Bonchev–Trinajstić information content (AvgIpc) is 3.14. The smallest absolute Gasteiger partial charge is 0.242 e. The van der Waals surface area contributed by atoms with Crippen molar-refractivity contribution in [3.05, 3.63) is 71.0 Å². The van der Waals surface area contributed by atoms with Gasteiger partial charge >= 0.3 is 0 Å². The molecule has 2 aromatic heterocycles. The summed E-state index contributed by atoms with van der Waals surface area (Å²) in [5.41, 5.74) is 1.53. The number of thiazole rings is 1. The van der Waals surface area contributed by atoms with E-state index in [1.54, 1.807) is 30.6 Å². The summed E-state index contributed by atoms with van der Waals surface area (Å²) >= 11 is 7.45. The summed E-state index contributed by atoms with van der Waals surface area (Å²) in [7, 11) is -0.876. The molecule has 7 nitrogen and oxygen atoms in total. The van der Waals surface area contributed by atoms with Gasteiger partial charge in [0.05, 0.1) is 6.54 Å². The molecule has 10 heteroatoms. The first kappa shape index (κ1) is 22.1. The molecule has 0 saturated carbocycles. The standard InChI is InChI=1S/C20H19ClN4O3S2/c1-24(30(27,28)12-10-15-7-4-3-5-8-15)14-17(26)25(2)20-18(21)23-19(29-20)16-9-6-11-22-13-16/h3-13H,14H2,1-2H3. The number of halogens is 1. The van der Waals surface area contributed by atoms with Gasteiger partial charge in [-0.15, -0.1) is 0 Å². The zero-order valence-electron chi connectivity index (χ0n) is 16.3. The summed E-state index contributed by atoms with van der Waals surface area (Å²) in [4.78, 5) is 22.3. The molecule has 3 aromatic rings. The molecule has 0 saturated heterocycles. The maximum Gasteiger partial charge on any atom is 0.242 e. The monoisotopic (exact) mass is 462 g/mol. The van der Waals surface area contributed by atoms with Crippen molar-refractivity contribution in [2.75, 3.05) is 25.5 Å². The van der Waals surface area contributed by atoms with Crippen molar-refractivity contribution >= 4 is 49.9 Å². The van der Waals surface area contributed by atoms with Gasteiger partial charge < -0.3 is 4.90 Å². The number of carbonyl (C=O) groups excluding carboxylic acids is 1. The number of rotatable bonds is 7. The Morgan fingerprint density at radius 1 is 1.17 bits per heavy atom. The molecule has 0 aliphatic heterocycles. The first-order valence-corrected chi connectivity index (χ1v) is 11.5. The molecule has 0 spiro atoms. The van der Waals surface area contributed by atoms with Crippen LogP contribution in [0.15, 0.2) is 60.3 Å². The number of amides is 1. The van der Waals surface area contributed by atoms with E-state index in [2.05, 4.69) is 9.97 Å². The molecule has 0 atom stereocenters. The Morgan fingerprint density at radius 2 is 1.90 bits per heavy atom. The lowest BCUT2D eigenvalue weighted by molar-refractivity contribution is -0.118. The van der Waals surface area contributed by atoms with E-state index >= 15 is 0 Å². The number of carbonyl (C=O) groups is 1. The summed E-state index contributed by atoms with van der Waals surface area (Å²) in [5, 5.41) is 2.31. The highest BCUT2D eigenvalue weighted by Crippen LogP contribution is 2.36. The Labute approximate surface area is 184 Å². The number of hydrogen-bond acceptors (Lipinski definition) is 6. The van der Waals surface area contributed by atoms with Gasteiger partial charge in [0.15, 0.2) is 5.15 Å². The van der Waals surface area contributed by atoms with Crippen LogP contribution in [0.4, 0.5) is 5.00 Å². The second-order valence-corrected chi connectivity index (χ2v) is 9.58. The van der Waals surface area contributed by atoms with E-state index in [0.29, 0.717) is 10.0 Å². The van der Waals surface area contributed by atoms with Crippen molar-refractivity contribution in [2.24, 2.45) is 0 Å². The highest BCUT2D eigenvalue weighted by molar-refractivity contribution is 7.92. The molecule has 0 bridgehead atoms. The van der Waals surface area contributed by atoms with Gasteiger partial charge in [-0.2, -0.15) is 4.31 Å². The van der Waals surface area contributed by atoms with Crippen LogP contribution in [0.1, 0.15) is 5.56 Å². The summed E-state index contributed by atoms with van der Waals surface area (Å²) in [6, 6.07) is 12.7. The van der Waals surface area contributed by atoms with Crippen LogP contribution in [0.3, 0.4) is 0 Å². The van der Waals surface area contributed by atoms with Crippen LogP contribution in [0.25, 0.3) is 16.6 Å². The van der Waals surface area contributed by atoms with E-state index in [4.69, 9.17) is 11.6 Å². The average molecular weight is 463 g/mol. The van der Waals surface area contributed by atoms with Crippen molar-refractivity contribution in [3.63, 3.8) is 0 Å². The summed E-state index contributed by atoms with van der Waals surface area (Å²) in [6.07, 6.45) is 4.79. The van der Waals surface area contributed by atoms with E-state index in [0.717, 1.165) is 20.8 Å². The third-order valence-electron chi connectivity index (χ3n) is 4.18. The molecule has 1 aromatic carbocycles. The molecular formula is C20H19ClN4O3S2. The highest BCUT2D eigenvalue weighted by atomic mass is 35.5. The second kappa shape index (κ2) is 9.48. The van der Waals surface area contributed by atoms with Crippen molar-refractivity contribution in [1.29, 1.82) is 0 Å². The molecule has 0 aliphatic carbocycles. The fourth-order valence-electron chi connectivity index (χ4n) is 2.45. The summed E-state index contributed by atoms with van der Waals surface area (Å²) in [5.74, 6) is -0.433. The lowest BCUT2D eigenvalue weighted by atomic mass is 10.2. The first-order chi connectivity index (χ1) is 14.3. The van der Waals surface area contributed by atoms with Crippen LogP contribution in [0.2, 0.25) is 5.15 Å².